The molecule has 1 saturated heterocycles. The van der Waals surface area contributed by atoms with E-state index in [0.717, 1.165) is 22.2 Å². The molecule has 166 valence electrons. The molecule has 1 heterocycles. The van der Waals surface area contributed by atoms with Crippen molar-refractivity contribution in [3.8, 4) is 5.75 Å². The Morgan fingerprint density at radius 2 is 1.88 bits per heavy atom. The summed E-state index contributed by atoms with van der Waals surface area (Å²) in [7, 11) is 1.27. The largest absolute Gasteiger partial charge is 0.481 e. The number of halogens is 1. The van der Waals surface area contributed by atoms with E-state index in [4.69, 9.17) is 4.74 Å². The Kier molecular flexibility index (Phi) is 7.70. The van der Waals surface area contributed by atoms with Crippen LogP contribution >= 0.6 is 27.7 Å². The number of amides is 3. The van der Waals surface area contributed by atoms with E-state index in [9.17, 15) is 19.2 Å². The average molecular weight is 519 g/mol. The fourth-order valence-electron chi connectivity index (χ4n) is 2.69. The second-order valence-electron chi connectivity index (χ2n) is 6.74. The van der Waals surface area contributed by atoms with E-state index in [1.807, 2.05) is 19.1 Å². The highest BCUT2D eigenvalue weighted by atomic mass is 79.9. The Balaban J connectivity index is 1.65. The zero-order valence-electron chi connectivity index (χ0n) is 17.2. The monoisotopic (exact) mass is 518 g/mol. The topological polar surface area (TPSA) is 102 Å². The van der Waals surface area contributed by atoms with Gasteiger partial charge in [0, 0.05) is 5.69 Å². The van der Waals surface area contributed by atoms with Crippen LogP contribution in [0.15, 0.2) is 51.8 Å². The van der Waals surface area contributed by atoms with Crippen molar-refractivity contribution in [2.24, 2.45) is 0 Å². The predicted molar refractivity (Wildman–Crippen MR) is 124 cm³/mol. The number of benzene rings is 2. The molecule has 0 unspecified atom stereocenters. The number of anilines is 1. The van der Waals surface area contributed by atoms with E-state index in [1.165, 1.54) is 7.11 Å². The van der Waals surface area contributed by atoms with Gasteiger partial charge in [0.05, 0.1) is 16.5 Å². The Hall–Kier alpha value is -3.11. The van der Waals surface area contributed by atoms with Crippen molar-refractivity contribution in [1.29, 1.82) is 0 Å². The van der Waals surface area contributed by atoms with Gasteiger partial charge in [-0.15, -0.1) is 0 Å². The maximum atomic E-state index is 12.7. The standard InChI is InChI=1S/C22H19BrN2O6S/c1-13-3-6-15(7-4-13)24-19(26)11-25-21(28)18(32-22(25)29)10-14-5-8-17(16(23)9-14)31-12-20(27)30-2/h3-10H,11-12H2,1-2H3,(H,24,26)/b18-10+. The predicted octanol–water partition coefficient (Wildman–Crippen LogP) is 3.98. The van der Waals surface area contributed by atoms with E-state index in [0.29, 0.717) is 21.5 Å². The summed E-state index contributed by atoms with van der Waals surface area (Å²) in [5, 5.41) is 2.16. The second kappa shape index (κ2) is 10.5. The van der Waals surface area contributed by atoms with Crippen LogP contribution in [0.4, 0.5) is 10.5 Å². The molecular weight excluding hydrogens is 500 g/mol. The first-order valence-corrected chi connectivity index (χ1v) is 11.0. The maximum absolute atomic E-state index is 12.7. The second-order valence-corrected chi connectivity index (χ2v) is 8.58. The smallest absolute Gasteiger partial charge is 0.343 e. The lowest BCUT2D eigenvalue weighted by Gasteiger charge is -2.12. The van der Waals surface area contributed by atoms with Gasteiger partial charge in [0.1, 0.15) is 12.3 Å². The number of esters is 1. The van der Waals surface area contributed by atoms with Gasteiger partial charge in [0.2, 0.25) is 5.91 Å². The molecule has 0 aliphatic carbocycles. The Labute approximate surface area is 197 Å². The fourth-order valence-corrected chi connectivity index (χ4v) is 4.04. The highest BCUT2D eigenvalue weighted by Gasteiger charge is 2.36. The van der Waals surface area contributed by atoms with Gasteiger partial charge in [0.15, 0.2) is 6.61 Å². The number of ether oxygens (including phenoxy) is 2. The van der Waals surface area contributed by atoms with Crippen LogP contribution in [0, 0.1) is 6.92 Å². The summed E-state index contributed by atoms with van der Waals surface area (Å²) in [5.41, 5.74) is 2.27. The van der Waals surface area contributed by atoms with E-state index in [1.54, 1.807) is 36.4 Å². The molecule has 1 aliphatic heterocycles. The summed E-state index contributed by atoms with van der Waals surface area (Å²) in [5.74, 6) is -1.09. The molecule has 0 bridgehead atoms. The fraction of sp³-hybridized carbons (Fsp3) is 0.182. The first-order valence-electron chi connectivity index (χ1n) is 9.38. The van der Waals surface area contributed by atoms with Gasteiger partial charge in [-0.3, -0.25) is 19.3 Å². The number of aryl methyl sites for hydroxylation is 1. The van der Waals surface area contributed by atoms with Gasteiger partial charge in [0.25, 0.3) is 11.1 Å². The molecule has 1 fully saturated rings. The molecule has 2 aromatic carbocycles. The number of methoxy groups -OCH3 is 1. The quantitative estimate of drug-likeness (QED) is 0.436. The minimum absolute atomic E-state index is 0.202. The van der Waals surface area contributed by atoms with E-state index < -0.39 is 23.0 Å². The highest BCUT2D eigenvalue weighted by molar-refractivity contribution is 9.10. The third-order valence-electron chi connectivity index (χ3n) is 4.34. The lowest BCUT2D eigenvalue weighted by Crippen LogP contribution is -2.36. The van der Waals surface area contributed by atoms with Crippen LogP contribution in [0.3, 0.4) is 0 Å². The summed E-state index contributed by atoms with van der Waals surface area (Å²) in [4.78, 5) is 49.6. The number of imide groups is 1. The highest BCUT2D eigenvalue weighted by Crippen LogP contribution is 2.33. The summed E-state index contributed by atoms with van der Waals surface area (Å²) < 4.78 is 10.4. The number of carbonyl (C=O) groups is 4. The van der Waals surface area contributed by atoms with Crippen LogP contribution in [-0.4, -0.2) is 48.2 Å². The number of thioether (sulfide) groups is 1. The van der Waals surface area contributed by atoms with Crippen molar-refractivity contribution in [2.75, 3.05) is 25.6 Å². The van der Waals surface area contributed by atoms with Crippen molar-refractivity contribution in [3.05, 3.63) is 63.0 Å². The van der Waals surface area contributed by atoms with Crippen molar-refractivity contribution in [1.82, 2.24) is 4.90 Å². The number of carbonyl (C=O) groups excluding carboxylic acids is 4. The summed E-state index contributed by atoms with van der Waals surface area (Å²) in [6.07, 6.45) is 1.55. The van der Waals surface area contributed by atoms with Gasteiger partial charge < -0.3 is 14.8 Å². The molecule has 0 spiro atoms. The van der Waals surface area contributed by atoms with Crippen LogP contribution in [0.1, 0.15) is 11.1 Å². The van der Waals surface area contributed by atoms with E-state index in [2.05, 4.69) is 26.0 Å². The SMILES string of the molecule is COC(=O)COc1ccc(/C=C2/SC(=O)N(CC(=O)Nc3ccc(C)cc3)C2=O)cc1Br. The van der Waals surface area contributed by atoms with E-state index in [-0.39, 0.29) is 18.1 Å². The van der Waals surface area contributed by atoms with E-state index >= 15 is 0 Å². The average Bonchev–Trinajstić information content (AvgIpc) is 3.01. The molecule has 0 atom stereocenters. The van der Waals surface area contributed by atoms with Crippen LogP contribution in [0.25, 0.3) is 6.08 Å². The van der Waals surface area contributed by atoms with Crippen LogP contribution < -0.4 is 10.1 Å². The molecule has 1 N–H and O–H groups in total. The molecule has 2 aromatic rings. The molecule has 0 saturated carbocycles. The molecule has 32 heavy (non-hydrogen) atoms. The lowest BCUT2D eigenvalue weighted by molar-refractivity contribution is -0.143. The zero-order valence-corrected chi connectivity index (χ0v) is 19.6. The van der Waals surface area contributed by atoms with Crippen LogP contribution in [-0.2, 0) is 19.1 Å². The van der Waals surface area contributed by atoms with Gasteiger partial charge in [-0.05, 0) is 70.5 Å². The van der Waals surface area contributed by atoms with Gasteiger partial charge in [-0.2, -0.15) is 0 Å². The molecule has 3 rings (SSSR count). The van der Waals surface area contributed by atoms with Crippen molar-refractivity contribution in [3.63, 3.8) is 0 Å². The van der Waals surface area contributed by atoms with Gasteiger partial charge >= 0.3 is 5.97 Å². The molecule has 10 heteroatoms. The third-order valence-corrected chi connectivity index (χ3v) is 5.86. The molecule has 3 amide bonds. The van der Waals surface area contributed by atoms with Gasteiger partial charge in [-0.1, -0.05) is 23.8 Å². The Morgan fingerprint density at radius 3 is 2.53 bits per heavy atom. The number of hydrogen-bond donors (Lipinski definition) is 1. The third kappa shape index (κ3) is 5.98. The molecule has 1 aliphatic rings. The summed E-state index contributed by atoms with van der Waals surface area (Å²) in [6, 6.07) is 12.2. The molecule has 8 nitrogen and oxygen atoms in total. The number of rotatable bonds is 7. The number of hydrogen-bond acceptors (Lipinski definition) is 7. The Bertz CT molecular complexity index is 1100. The Morgan fingerprint density at radius 1 is 1.16 bits per heavy atom. The number of nitrogens with one attached hydrogen (secondary N) is 1. The normalized spacial score (nSPS) is 14.6. The molecular formula is C22H19BrN2O6S. The maximum Gasteiger partial charge on any atom is 0.343 e. The van der Waals surface area contributed by atoms with Crippen molar-refractivity contribution in [2.45, 2.75) is 6.92 Å². The van der Waals surface area contributed by atoms with Crippen molar-refractivity contribution >= 4 is 62.5 Å². The lowest BCUT2D eigenvalue weighted by atomic mass is 10.2. The summed E-state index contributed by atoms with van der Waals surface area (Å²) >= 11 is 4.11. The van der Waals surface area contributed by atoms with Crippen molar-refractivity contribution < 1.29 is 28.7 Å². The first-order chi connectivity index (χ1) is 15.3. The minimum Gasteiger partial charge on any atom is -0.481 e. The van der Waals surface area contributed by atoms with Crippen LogP contribution in [0.5, 0.6) is 5.75 Å². The van der Waals surface area contributed by atoms with Crippen LogP contribution in [0.2, 0.25) is 0 Å². The molecule has 0 aromatic heterocycles. The summed E-state index contributed by atoms with van der Waals surface area (Å²) in [6.45, 7) is 1.32. The first kappa shape index (κ1) is 23.6. The number of nitrogens with zero attached hydrogens (tertiary/aromatic N) is 1. The zero-order chi connectivity index (χ0) is 23.3. The molecule has 0 radical (unpaired) electrons. The minimum atomic E-state index is -0.541. The van der Waals surface area contributed by atoms with Gasteiger partial charge in [-0.25, -0.2) is 4.79 Å².